The first kappa shape index (κ1) is 19.9. The molecule has 1 fully saturated rings. The molecule has 1 aliphatic rings. The molecule has 1 aromatic carbocycles. The molecule has 0 radical (unpaired) electrons. The molecule has 1 aliphatic heterocycles. The predicted octanol–water partition coefficient (Wildman–Crippen LogP) is 3.07. The highest BCUT2D eigenvalue weighted by molar-refractivity contribution is 5.92. The Hall–Kier alpha value is -2.37. The molecular weight excluding hydrogens is 336 g/mol. The number of aliphatic carboxylic acids is 1. The van der Waals surface area contributed by atoms with Crippen molar-refractivity contribution in [1.29, 1.82) is 0 Å². The molecule has 6 heteroatoms. The Bertz CT molecular complexity index is 714. The van der Waals surface area contributed by atoms with Crippen LogP contribution in [0.15, 0.2) is 12.1 Å². The minimum Gasteiger partial charge on any atom is -0.481 e. The number of carbonyl (C=O) groups is 3. The van der Waals surface area contributed by atoms with Crippen molar-refractivity contribution in [1.82, 2.24) is 0 Å². The molecule has 0 unspecified atom stereocenters. The number of rotatable bonds is 6. The second kappa shape index (κ2) is 7.89. The molecule has 0 bridgehead atoms. The zero-order valence-electron chi connectivity index (χ0n) is 15.8. The van der Waals surface area contributed by atoms with E-state index in [1.54, 1.807) is 39.8 Å². The second-order valence-corrected chi connectivity index (χ2v) is 7.63. The fourth-order valence-corrected chi connectivity index (χ4v) is 3.13. The monoisotopic (exact) mass is 362 g/mol. The van der Waals surface area contributed by atoms with Crippen LogP contribution < -0.4 is 0 Å². The lowest BCUT2D eigenvalue weighted by Crippen LogP contribution is -2.25. The molecule has 0 aliphatic carbocycles. The molecule has 1 saturated heterocycles. The molecule has 26 heavy (non-hydrogen) atoms. The summed E-state index contributed by atoms with van der Waals surface area (Å²) in [5, 5.41) is 9.05. The maximum Gasteiger partial charge on any atom is 0.338 e. The van der Waals surface area contributed by atoms with Gasteiger partial charge in [0.25, 0.3) is 0 Å². The molecule has 1 aromatic rings. The molecule has 2 rings (SSSR count). The SMILES string of the molecule is Cc1c(C(=O)OC(C)(C)C)ccc(C[C@H]2CCOC2=O)c1CCC(=O)O. The molecule has 142 valence electrons. The van der Waals surface area contributed by atoms with Gasteiger partial charge in [0.2, 0.25) is 0 Å². The fraction of sp³-hybridized carbons (Fsp3) is 0.550. The third-order valence-electron chi connectivity index (χ3n) is 4.41. The maximum absolute atomic E-state index is 12.5. The van der Waals surface area contributed by atoms with Crippen molar-refractivity contribution in [3.8, 4) is 0 Å². The number of esters is 2. The van der Waals surface area contributed by atoms with Gasteiger partial charge in [0.05, 0.1) is 18.1 Å². The highest BCUT2D eigenvalue weighted by Gasteiger charge is 2.28. The van der Waals surface area contributed by atoms with Crippen molar-refractivity contribution in [2.75, 3.05) is 6.61 Å². The summed E-state index contributed by atoms with van der Waals surface area (Å²) in [6, 6.07) is 3.50. The van der Waals surface area contributed by atoms with Crippen LogP contribution >= 0.6 is 0 Å². The zero-order valence-corrected chi connectivity index (χ0v) is 15.8. The maximum atomic E-state index is 12.5. The minimum absolute atomic E-state index is 0.0409. The van der Waals surface area contributed by atoms with E-state index in [4.69, 9.17) is 14.6 Å². The zero-order chi connectivity index (χ0) is 19.5. The lowest BCUT2D eigenvalue weighted by Gasteiger charge is -2.22. The van der Waals surface area contributed by atoms with Crippen LogP contribution in [0.2, 0.25) is 0 Å². The van der Waals surface area contributed by atoms with Crippen molar-refractivity contribution in [3.63, 3.8) is 0 Å². The molecule has 6 nitrogen and oxygen atoms in total. The summed E-state index contributed by atoms with van der Waals surface area (Å²) in [5.74, 6) is -1.77. The van der Waals surface area contributed by atoms with Gasteiger partial charge in [0.1, 0.15) is 5.60 Å². The lowest BCUT2D eigenvalue weighted by molar-refractivity contribution is -0.141. The van der Waals surface area contributed by atoms with Gasteiger partial charge in [-0.05, 0) is 69.7 Å². The largest absolute Gasteiger partial charge is 0.481 e. The quantitative estimate of drug-likeness (QED) is 0.782. The first-order valence-electron chi connectivity index (χ1n) is 8.81. The summed E-state index contributed by atoms with van der Waals surface area (Å²) < 4.78 is 10.5. The van der Waals surface area contributed by atoms with Gasteiger partial charge in [-0.1, -0.05) is 6.07 Å². The van der Waals surface area contributed by atoms with Crippen molar-refractivity contribution >= 4 is 17.9 Å². The first-order chi connectivity index (χ1) is 12.1. The Labute approximate surface area is 153 Å². The Morgan fingerprint density at radius 3 is 2.54 bits per heavy atom. The van der Waals surface area contributed by atoms with Crippen molar-refractivity contribution in [2.45, 2.75) is 59.0 Å². The van der Waals surface area contributed by atoms with Crippen LogP contribution in [0.3, 0.4) is 0 Å². The Kier molecular flexibility index (Phi) is 6.05. The van der Waals surface area contributed by atoms with Crippen LogP contribution in [0.25, 0.3) is 0 Å². The van der Waals surface area contributed by atoms with Gasteiger partial charge < -0.3 is 14.6 Å². The third kappa shape index (κ3) is 5.07. The highest BCUT2D eigenvalue weighted by atomic mass is 16.6. The highest BCUT2D eigenvalue weighted by Crippen LogP contribution is 2.27. The summed E-state index contributed by atoms with van der Waals surface area (Å²) in [7, 11) is 0. The van der Waals surface area contributed by atoms with E-state index in [2.05, 4.69) is 0 Å². The van der Waals surface area contributed by atoms with Crippen LogP contribution in [0.1, 0.15) is 60.7 Å². The summed E-state index contributed by atoms with van der Waals surface area (Å²) >= 11 is 0. The molecule has 1 N–H and O–H groups in total. The molecule has 0 aromatic heterocycles. The van der Waals surface area contributed by atoms with Crippen LogP contribution in [-0.2, 0) is 31.9 Å². The van der Waals surface area contributed by atoms with E-state index in [9.17, 15) is 14.4 Å². The molecule has 1 atom stereocenters. The van der Waals surface area contributed by atoms with Gasteiger partial charge in [-0.25, -0.2) is 4.79 Å². The molecular formula is C20H26O6. The summed E-state index contributed by atoms with van der Waals surface area (Å²) in [6.45, 7) is 7.61. The van der Waals surface area contributed by atoms with Crippen molar-refractivity contribution in [2.24, 2.45) is 5.92 Å². The van der Waals surface area contributed by atoms with Gasteiger partial charge in [-0.2, -0.15) is 0 Å². The van der Waals surface area contributed by atoms with E-state index in [1.807, 2.05) is 0 Å². The summed E-state index contributed by atoms with van der Waals surface area (Å²) in [6.07, 6.45) is 1.41. The number of carbonyl (C=O) groups excluding carboxylic acids is 2. The number of hydrogen-bond acceptors (Lipinski definition) is 5. The second-order valence-electron chi connectivity index (χ2n) is 7.63. The van der Waals surface area contributed by atoms with E-state index >= 15 is 0 Å². The Morgan fingerprint density at radius 2 is 2.00 bits per heavy atom. The van der Waals surface area contributed by atoms with Gasteiger partial charge in [0, 0.05) is 6.42 Å². The standard InChI is InChI=1S/C20H26O6/c1-12-15(7-8-17(21)22)13(11-14-9-10-25-18(14)23)5-6-16(12)19(24)26-20(2,3)4/h5-6,14H,7-11H2,1-4H3,(H,21,22)/t14-/m1/s1. The minimum atomic E-state index is -0.904. The number of carboxylic acids is 1. The molecule has 1 heterocycles. The van der Waals surface area contributed by atoms with Gasteiger partial charge in [-0.15, -0.1) is 0 Å². The number of cyclic esters (lactones) is 1. The van der Waals surface area contributed by atoms with Crippen LogP contribution in [0.4, 0.5) is 0 Å². The first-order valence-corrected chi connectivity index (χ1v) is 8.81. The van der Waals surface area contributed by atoms with E-state index < -0.39 is 17.5 Å². The Balaban J connectivity index is 2.35. The summed E-state index contributed by atoms with van der Waals surface area (Å²) in [5.41, 5.74) is 2.22. The normalized spacial score (nSPS) is 17.1. The van der Waals surface area contributed by atoms with E-state index in [0.717, 1.165) is 11.1 Å². The number of carboxylic acid groups (broad SMARTS) is 1. The average Bonchev–Trinajstić information content (AvgIpc) is 2.90. The van der Waals surface area contributed by atoms with Crippen molar-refractivity contribution < 1.29 is 29.0 Å². The number of ether oxygens (including phenoxy) is 2. The fourth-order valence-electron chi connectivity index (χ4n) is 3.13. The third-order valence-corrected chi connectivity index (χ3v) is 4.41. The molecule has 0 spiro atoms. The molecule has 0 saturated carbocycles. The Morgan fingerprint density at radius 1 is 1.31 bits per heavy atom. The molecule has 0 amide bonds. The number of hydrogen-bond donors (Lipinski definition) is 1. The van der Waals surface area contributed by atoms with Crippen LogP contribution in [0, 0.1) is 12.8 Å². The lowest BCUT2D eigenvalue weighted by atomic mass is 9.88. The van der Waals surface area contributed by atoms with Gasteiger partial charge in [0.15, 0.2) is 0 Å². The van der Waals surface area contributed by atoms with Crippen LogP contribution in [0.5, 0.6) is 0 Å². The van der Waals surface area contributed by atoms with Gasteiger partial charge in [-0.3, -0.25) is 9.59 Å². The predicted molar refractivity (Wildman–Crippen MR) is 95.1 cm³/mol. The van der Waals surface area contributed by atoms with E-state index in [0.29, 0.717) is 37.0 Å². The van der Waals surface area contributed by atoms with Crippen molar-refractivity contribution in [3.05, 3.63) is 34.4 Å². The summed E-state index contributed by atoms with van der Waals surface area (Å²) in [4.78, 5) is 35.3. The van der Waals surface area contributed by atoms with E-state index in [-0.39, 0.29) is 18.3 Å². The van der Waals surface area contributed by atoms with E-state index in [1.165, 1.54) is 0 Å². The topological polar surface area (TPSA) is 89.9 Å². The average molecular weight is 362 g/mol. The smallest absolute Gasteiger partial charge is 0.338 e. The van der Waals surface area contributed by atoms with Gasteiger partial charge >= 0.3 is 17.9 Å². The van der Waals surface area contributed by atoms with Crippen LogP contribution in [-0.4, -0.2) is 35.2 Å². The number of benzene rings is 1.